The van der Waals surface area contributed by atoms with Crippen LogP contribution in [0, 0.1) is 0 Å². The van der Waals surface area contributed by atoms with Gasteiger partial charge in [-0.05, 0) is 0 Å². The summed E-state index contributed by atoms with van der Waals surface area (Å²) in [5.74, 6) is 0. The molecule has 26 heavy (non-hydrogen) atoms. The van der Waals surface area contributed by atoms with E-state index in [1.807, 2.05) is 0 Å². The minimum atomic E-state index is -1.97. The first kappa shape index (κ1) is 25.9. The Bertz CT molecular complexity index is 362. The zero-order valence-electron chi connectivity index (χ0n) is 16.9. The third-order valence-corrected chi connectivity index (χ3v) is 553. The van der Waals surface area contributed by atoms with E-state index in [4.69, 9.17) is 0 Å². The maximum atomic E-state index is 2.91. The summed E-state index contributed by atoms with van der Waals surface area (Å²) in [5, 5.41) is 0. The van der Waals surface area contributed by atoms with Crippen molar-refractivity contribution in [2.24, 2.45) is 0 Å². The molecule has 0 aromatic heterocycles. The molecule has 0 aromatic carbocycles. The van der Waals surface area contributed by atoms with Crippen LogP contribution in [-0.2, 0) is 0 Å². The number of hydrogen-bond donors (Lipinski definition) is 0. The average molecular weight is 896 g/mol. The molecule has 4 fully saturated rings. The molecule has 0 unspecified atom stereocenters. The van der Waals surface area contributed by atoms with Crippen LogP contribution in [0.2, 0.25) is 17.7 Å². The summed E-state index contributed by atoms with van der Waals surface area (Å²) >= 11 is -7.89. The minimum absolute atomic E-state index is 1.46. The van der Waals surface area contributed by atoms with Crippen LogP contribution >= 0.6 is 36.8 Å². The molecule has 0 N–H and O–H groups in total. The Kier molecular flexibility index (Phi) is 11.6. The third kappa shape index (κ3) is 6.24. The first-order valence-corrected chi connectivity index (χ1v) is 65.6. The van der Waals surface area contributed by atoms with Crippen LogP contribution in [-0.4, -0.2) is 56.9 Å². The molecule has 0 atom stereocenters. The fourth-order valence-corrected chi connectivity index (χ4v) is 1610. The van der Waals surface area contributed by atoms with E-state index in [-0.39, 0.29) is 0 Å². The van der Waals surface area contributed by atoms with E-state index >= 15 is 0 Å². The number of unbranched alkanes of at least 4 members (excludes halogenated alkanes) is 4. The number of hydrogen-bond acceptors (Lipinski definition) is 6. The summed E-state index contributed by atoms with van der Waals surface area (Å²) in [6.07, 6.45) is 29.6. The van der Waals surface area contributed by atoms with Crippen molar-refractivity contribution in [2.75, 3.05) is 0 Å². The second-order valence-corrected chi connectivity index (χ2v) is 188. The summed E-state index contributed by atoms with van der Waals surface area (Å²) in [7, 11) is 0. The molecule has 4 heterocycles. The van der Waals surface area contributed by atoms with Crippen molar-refractivity contribution >= 4 is 93.7 Å². The van der Waals surface area contributed by atoms with Crippen LogP contribution in [0.5, 0.6) is 0 Å². The average Bonchev–Trinajstić information content (AvgIpc) is 2.60. The van der Waals surface area contributed by atoms with Gasteiger partial charge in [-0.25, -0.2) is 0 Å². The molecule has 0 saturated carbocycles. The monoisotopic (exact) mass is 900 g/mol. The van der Waals surface area contributed by atoms with Gasteiger partial charge in [0, 0.05) is 0 Å². The van der Waals surface area contributed by atoms with E-state index in [0.717, 1.165) is 0 Å². The molecule has 0 nitrogen and oxygen atoms in total. The molecule has 4 aliphatic rings. The second kappa shape index (κ2) is 11.6. The maximum absolute atomic E-state index is 2.91. The van der Waals surface area contributed by atoms with E-state index in [1.165, 1.54) is 25.7 Å². The van der Waals surface area contributed by atoms with E-state index in [2.05, 4.69) is 64.5 Å². The van der Waals surface area contributed by atoms with Crippen molar-refractivity contribution < 1.29 is 0 Å². The van der Waals surface area contributed by atoms with Gasteiger partial charge >= 0.3 is 191 Å². The molecule has 0 aromatic rings. The molecule has 0 aliphatic carbocycles. The molecular weight excluding hydrogens is 859 g/mol. The fraction of sp³-hybridized carbons (Fsp3) is 1.00. The van der Waals surface area contributed by atoms with Crippen LogP contribution in [0.4, 0.5) is 0 Å². The SMILES string of the molecule is CCC[CH2][Sn]12[S][Sn]3([CH2]CCC)[S][Sn]([CH2]CCC)([S]1)[S][Sn]([CH2]CCC)([S]2)[S]3. The Labute approximate surface area is 186 Å². The normalized spacial score (nSPS) is 41.1. The van der Waals surface area contributed by atoms with Gasteiger partial charge in [0.2, 0.25) is 0 Å². The zero-order valence-corrected chi connectivity index (χ0v) is 33.3. The number of rotatable bonds is 12. The summed E-state index contributed by atoms with van der Waals surface area (Å²) in [5.41, 5.74) is 0. The molecule has 152 valence electrons. The Morgan fingerprint density at radius 2 is 0.577 bits per heavy atom. The van der Waals surface area contributed by atoms with Gasteiger partial charge in [0.1, 0.15) is 0 Å². The molecule has 4 bridgehead atoms. The molecule has 10 heteroatoms. The van der Waals surface area contributed by atoms with Crippen molar-refractivity contribution in [3.8, 4) is 0 Å². The first-order valence-electron chi connectivity index (χ1n) is 10.7. The van der Waals surface area contributed by atoms with Crippen LogP contribution in [0.1, 0.15) is 79.1 Å². The topological polar surface area (TPSA) is 0 Å². The van der Waals surface area contributed by atoms with Crippen LogP contribution in [0.15, 0.2) is 0 Å². The Hall–Kier alpha value is 5.29. The Morgan fingerprint density at radius 1 is 0.385 bits per heavy atom. The molecule has 0 amide bonds. The molecule has 4 rings (SSSR count). The van der Waals surface area contributed by atoms with Gasteiger partial charge in [-0.3, -0.25) is 0 Å². The van der Waals surface area contributed by atoms with Crippen molar-refractivity contribution in [1.82, 2.24) is 0 Å². The third-order valence-electron chi connectivity index (χ3n) is 5.21. The predicted molar refractivity (Wildman–Crippen MR) is 147 cm³/mol. The van der Waals surface area contributed by atoms with Crippen molar-refractivity contribution in [3.63, 3.8) is 0 Å². The standard InChI is InChI=1S/4C4H9.6S.4Sn/c4*1-3-4-2;;;;;;;;;;/h4*1,3-4H2,2H3;;;;;;;;;;. The van der Waals surface area contributed by atoms with E-state index < -0.39 is 56.9 Å². The van der Waals surface area contributed by atoms with E-state index in [9.17, 15) is 0 Å². The van der Waals surface area contributed by atoms with E-state index in [0.29, 0.717) is 0 Å². The van der Waals surface area contributed by atoms with Gasteiger partial charge in [-0.2, -0.15) is 0 Å². The fourth-order valence-electron chi connectivity index (χ4n) is 3.86. The zero-order chi connectivity index (χ0) is 18.7. The van der Waals surface area contributed by atoms with Crippen molar-refractivity contribution in [1.29, 1.82) is 0 Å². The first-order chi connectivity index (χ1) is 12.5. The van der Waals surface area contributed by atoms with E-state index in [1.54, 1.807) is 43.4 Å². The van der Waals surface area contributed by atoms with Gasteiger partial charge in [-0.1, -0.05) is 0 Å². The summed E-state index contributed by atoms with van der Waals surface area (Å²) in [6, 6.07) is 0. The Balaban J connectivity index is 1.93. The summed E-state index contributed by atoms with van der Waals surface area (Å²) in [6.45, 7) is 9.81. The predicted octanol–water partition coefficient (Wildman–Crippen LogP) is 9.38. The van der Waals surface area contributed by atoms with Gasteiger partial charge in [0.15, 0.2) is 0 Å². The van der Waals surface area contributed by atoms with Gasteiger partial charge in [0.25, 0.3) is 0 Å². The van der Waals surface area contributed by atoms with Crippen molar-refractivity contribution in [3.05, 3.63) is 0 Å². The quantitative estimate of drug-likeness (QED) is 0.178. The summed E-state index contributed by atoms with van der Waals surface area (Å²) < 4.78 is 7.08. The van der Waals surface area contributed by atoms with Gasteiger partial charge in [0.05, 0.1) is 0 Å². The second-order valence-electron chi connectivity index (χ2n) is 7.76. The van der Waals surface area contributed by atoms with Crippen LogP contribution in [0.25, 0.3) is 0 Å². The van der Waals surface area contributed by atoms with Gasteiger partial charge in [-0.15, -0.1) is 0 Å². The molecule has 4 saturated heterocycles. The van der Waals surface area contributed by atoms with Gasteiger partial charge < -0.3 is 0 Å². The Morgan fingerprint density at radius 3 is 0.731 bits per heavy atom. The molecule has 4 aliphatic heterocycles. The van der Waals surface area contributed by atoms with Crippen LogP contribution < -0.4 is 0 Å². The summed E-state index contributed by atoms with van der Waals surface area (Å²) in [4.78, 5) is 0. The van der Waals surface area contributed by atoms with Crippen LogP contribution in [0.3, 0.4) is 0 Å². The molecule has 0 spiro atoms. The molecule has 0 radical (unpaired) electrons. The molecular formula is C16H36S6Sn4. The van der Waals surface area contributed by atoms with Crippen molar-refractivity contribution in [2.45, 2.75) is 96.8 Å².